The van der Waals surface area contributed by atoms with Gasteiger partial charge >= 0.3 is 0 Å². The van der Waals surface area contributed by atoms with Crippen LogP contribution in [0.1, 0.15) is 21.9 Å². The minimum absolute atomic E-state index is 0.132. The van der Waals surface area contributed by atoms with Gasteiger partial charge in [0.2, 0.25) is 0 Å². The van der Waals surface area contributed by atoms with Crippen molar-refractivity contribution in [1.82, 2.24) is 0 Å². The van der Waals surface area contributed by atoms with Gasteiger partial charge in [0.25, 0.3) is 0 Å². The Morgan fingerprint density at radius 2 is 2.06 bits per heavy atom. The minimum Gasteiger partial charge on any atom is -0.327 e. The molecule has 0 spiro atoms. The van der Waals surface area contributed by atoms with Crippen LogP contribution in [-0.2, 0) is 0 Å². The normalized spacial score (nSPS) is 14.4. The van der Waals surface area contributed by atoms with E-state index < -0.39 is 0 Å². The van der Waals surface area contributed by atoms with Gasteiger partial charge in [-0.15, -0.1) is 23.1 Å². The number of hydrogen-bond acceptors (Lipinski definition) is 3. The lowest BCUT2D eigenvalue weighted by molar-refractivity contribution is 0.730. The number of rotatable bonds is 4. The summed E-state index contributed by atoms with van der Waals surface area (Å²) >= 11 is 7.18. The first kappa shape index (κ1) is 14.1. The van der Waals surface area contributed by atoms with E-state index in [0.717, 1.165) is 4.47 Å². The van der Waals surface area contributed by atoms with Crippen molar-refractivity contribution in [2.24, 2.45) is 5.73 Å². The number of thiophene rings is 1. The lowest BCUT2D eigenvalue weighted by Gasteiger charge is -2.19. The molecule has 0 aliphatic carbocycles. The Balaban J connectivity index is 2.22. The van der Waals surface area contributed by atoms with Crippen LogP contribution in [0.4, 0.5) is 0 Å². The molecule has 0 aliphatic rings. The number of hydrogen-bond donors (Lipinski definition) is 1. The predicted molar refractivity (Wildman–Crippen MR) is 85.4 cm³/mol. The van der Waals surface area contributed by atoms with Gasteiger partial charge in [0.05, 0.1) is 5.25 Å². The molecule has 0 radical (unpaired) electrons. The molecule has 1 aromatic heterocycles. The number of halogens is 1. The molecule has 0 saturated carbocycles. The average molecular weight is 342 g/mol. The highest BCUT2D eigenvalue weighted by Crippen LogP contribution is 2.40. The quantitative estimate of drug-likeness (QED) is 0.792. The van der Waals surface area contributed by atoms with Crippen LogP contribution in [0.25, 0.3) is 0 Å². The zero-order chi connectivity index (χ0) is 13.1. The second-order valence-corrected chi connectivity index (χ2v) is 7.75. The van der Waals surface area contributed by atoms with Gasteiger partial charge in [0.15, 0.2) is 0 Å². The molecule has 2 N–H and O–H groups in total. The molecule has 96 valence electrons. The fourth-order valence-corrected chi connectivity index (χ4v) is 4.59. The van der Waals surface area contributed by atoms with Crippen LogP contribution in [0.3, 0.4) is 0 Å². The van der Waals surface area contributed by atoms with Gasteiger partial charge in [-0.2, -0.15) is 0 Å². The van der Waals surface area contributed by atoms with Crippen molar-refractivity contribution in [3.63, 3.8) is 0 Å². The second kappa shape index (κ2) is 6.24. The molecule has 2 atom stereocenters. The summed E-state index contributed by atoms with van der Waals surface area (Å²) in [6.45, 7) is 4.21. The van der Waals surface area contributed by atoms with E-state index in [1.165, 1.54) is 14.6 Å². The van der Waals surface area contributed by atoms with E-state index in [4.69, 9.17) is 5.73 Å². The molecule has 2 aromatic rings. The van der Waals surface area contributed by atoms with Gasteiger partial charge in [-0.25, -0.2) is 0 Å². The first-order valence-corrected chi connectivity index (χ1v) is 8.29. The second-order valence-electron chi connectivity index (χ2n) is 4.30. The van der Waals surface area contributed by atoms with Gasteiger partial charge in [-0.1, -0.05) is 22.0 Å². The van der Waals surface area contributed by atoms with Gasteiger partial charge < -0.3 is 5.73 Å². The van der Waals surface area contributed by atoms with Crippen molar-refractivity contribution in [1.29, 1.82) is 0 Å². The van der Waals surface area contributed by atoms with Gasteiger partial charge in [0, 0.05) is 25.2 Å². The Hall–Kier alpha value is -0.290. The summed E-state index contributed by atoms with van der Waals surface area (Å²) in [4.78, 5) is 3.94. The van der Waals surface area contributed by atoms with E-state index in [1.54, 1.807) is 0 Å². The number of thioether (sulfide) groups is 1. The first-order chi connectivity index (χ1) is 8.56. The van der Waals surface area contributed by atoms with Crippen LogP contribution in [0, 0.1) is 6.92 Å². The summed E-state index contributed by atoms with van der Waals surface area (Å²) in [5, 5.41) is 0.318. The zero-order valence-electron chi connectivity index (χ0n) is 10.4. The van der Waals surface area contributed by atoms with Crippen LogP contribution in [0.15, 0.2) is 45.8 Å². The molecule has 1 nitrogen and oxygen atoms in total. The summed E-state index contributed by atoms with van der Waals surface area (Å²) in [6, 6.07) is 12.9. The van der Waals surface area contributed by atoms with Crippen LogP contribution in [0.5, 0.6) is 0 Å². The highest BCUT2D eigenvalue weighted by atomic mass is 79.9. The Morgan fingerprint density at radius 3 is 2.61 bits per heavy atom. The van der Waals surface area contributed by atoms with Crippen molar-refractivity contribution in [3.05, 3.63) is 50.6 Å². The Bertz CT molecular complexity index is 522. The number of nitrogens with two attached hydrogens (primary N) is 1. The molecule has 4 heteroatoms. The molecule has 0 amide bonds. The first-order valence-electron chi connectivity index (χ1n) is 5.80. The lowest BCUT2D eigenvalue weighted by Crippen LogP contribution is -2.21. The maximum atomic E-state index is 6.14. The van der Waals surface area contributed by atoms with Crippen LogP contribution in [0.2, 0.25) is 0 Å². The topological polar surface area (TPSA) is 26.0 Å². The molecule has 2 rings (SSSR count). The van der Waals surface area contributed by atoms with E-state index in [0.29, 0.717) is 5.25 Å². The summed E-state index contributed by atoms with van der Waals surface area (Å²) in [5.74, 6) is 0. The Labute approximate surface area is 125 Å². The summed E-state index contributed by atoms with van der Waals surface area (Å²) in [6.07, 6.45) is 0. The van der Waals surface area contributed by atoms with E-state index in [2.05, 4.69) is 60.1 Å². The summed E-state index contributed by atoms with van der Waals surface area (Å²) in [7, 11) is 0. The fraction of sp³-hybridized carbons (Fsp3) is 0.286. The summed E-state index contributed by atoms with van der Waals surface area (Å²) in [5.41, 5.74) is 6.14. The number of benzene rings is 1. The van der Waals surface area contributed by atoms with Crippen molar-refractivity contribution in [2.75, 3.05) is 0 Å². The largest absolute Gasteiger partial charge is 0.327 e. The smallest absolute Gasteiger partial charge is 0.0586 e. The van der Waals surface area contributed by atoms with Crippen LogP contribution >= 0.6 is 39.0 Å². The molecule has 2 unspecified atom stereocenters. The van der Waals surface area contributed by atoms with E-state index in [1.807, 2.05) is 29.2 Å². The molecule has 0 saturated heterocycles. The molecule has 0 bridgehead atoms. The van der Waals surface area contributed by atoms with E-state index in [9.17, 15) is 0 Å². The number of aryl methyl sites for hydroxylation is 1. The zero-order valence-corrected chi connectivity index (χ0v) is 13.6. The third kappa shape index (κ3) is 3.60. The molecule has 1 heterocycles. The summed E-state index contributed by atoms with van der Waals surface area (Å²) < 4.78 is 1.11. The highest BCUT2D eigenvalue weighted by Gasteiger charge is 2.19. The Kier molecular flexibility index (Phi) is 4.90. The standard InChI is InChI=1S/C14H16BrNS2/c1-9-6-7-13(17-9)14(10(2)16)18-12-5-3-4-11(15)8-12/h3-8,10,14H,16H2,1-2H3. The maximum Gasteiger partial charge on any atom is 0.0586 e. The molecular weight excluding hydrogens is 326 g/mol. The maximum absolute atomic E-state index is 6.14. The van der Waals surface area contributed by atoms with Gasteiger partial charge in [-0.05, 0) is 44.2 Å². The molecular formula is C14H16BrNS2. The molecule has 0 aliphatic heterocycles. The third-order valence-corrected chi connectivity index (χ3v) is 5.77. The van der Waals surface area contributed by atoms with Gasteiger partial charge in [-0.3, -0.25) is 0 Å². The monoisotopic (exact) mass is 341 g/mol. The van der Waals surface area contributed by atoms with Crippen molar-refractivity contribution >= 4 is 39.0 Å². The van der Waals surface area contributed by atoms with E-state index in [-0.39, 0.29) is 6.04 Å². The van der Waals surface area contributed by atoms with Crippen LogP contribution in [-0.4, -0.2) is 6.04 Å². The predicted octanol–water partition coefficient (Wildman–Crippen LogP) is 5.00. The van der Waals surface area contributed by atoms with Crippen molar-refractivity contribution < 1.29 is 0 Å². The molecule has 18 heavy (non-hydrogen) atoms. The minimum atomic E-state index is 0.132. The van der Waals surface area contributed by atoms with E-state index >= 15 is 0 Å². The van der Waals surface area contributed by atoms with Gasteiger partial charge in [0.1, 0.15) is 0 Å². The van der Waals surface area contributed by atoms with Crippen molar-refractivity contribution in [2.45, 2.75) is 30.0 Å². The fourth-order valence-electron chi connectivity index (χ4n) is 1.72. The third-order valence-electron chi connectivity index (χ3n) is 2.58. The van der Waals surface area contributed by atoms with Crippen LogP contribution < -0.4 is 5.73 Å². The lowest BCUT2D eigenvalue weighted by atomic mass is 10.2. The van der Waals surface area contributed by atoms with Crippen molar-refractivity contribution in [3.8, 4) is 0 Å². The SMILES string of the molecule is Cc1ccc(C(Sc2cccc(Br)c2)C(C)N)s1. The Morgan fingerprint density at radius 1 is 1.28 bits per heavy atom. The highest BCUT2D eigenvalue weighted by molar-refractivity contribution is 9.10. The molecule has 0 fully saturated rings. The average Bonchev–Trinajstić information content (AvgIpc) is 2.72. The molecule has 1 aromatic carbocycles.